The molecule has 1 atom stereocenters. The third-order valence-electron chi connectivity index (χ3n) is 4.05. The predicted molar refractivity (Wildman–Crippen MR) is 84.4 cm³/mol. The van der Waals surface area contributed by atoms with Crippen LogP contribution in [-0.4, -0.2) is 33.4 Å². The lowest BCUT2D eigenvalue weighted by atomic mass is 10.3. The molecule has 1 aliphatic heterocycles. The van der Waals surface area contributed by atoms with Crippen LogP contribution in [0, 0.1) is 0 Å². The molecule has 4 nitrogen and oxygen atoms in total. The number of imidazole rings is 1. The number of para-hydroxylation sites is 2. The molecule has 3 rings (SSSR count). The number of nitrogens with zero attached hydrogens (tertiary/aromatic N) is 3. The highest BCUT2D eigenvalue weighted by Crippen LogP contribution is 2.25. The van der Waals surface area contributed by atoms with Crippen LogP contribution in [0.3, 0.4) is 0 Å². The highest BCUT2D eigenvalue weighted by atomic mass is 35.5. The van der Waals surface area contributed by atoms with Gasteiger partial charge in [-0.15, -0.1) is 11.6 Å². The number of carbonyl (C=O) groups is 1. The molecule has 1 saturated heterocycles. The minimum atomic E-state index is -0.167. The summed E-state index contributed by atoms with van der Waals surface area (Å²) in [5.41, 5.74) is 1.99. The van der Waals surface area contributed by atoms with Gasteiger partial charge in [0.05, 0.1) is 16.4 Å². The van der Waals surface area contributed by atoms with Gasteiger partial charge in [-0.1, -0.05) is 12.1 Å². The van der Waals surface area contributed by atoms with Gasteiger partial charge in [-0.2, -0.15) is 0 Å². The summed E-state index contributed by atoms with van der Waals surface area (Å²) in [7, 11) is 0. The van der Waals surface area contributed by atoms with Crippen LogP contribution in [0.1, 0.15) is 37.4 Å². The third kappa shape index (κ3) is 2.91. The molecule has 1 aromatic carbocycles. The SMILES string of the molecule is CC(Cl)c1nc2ccccc2n1CCC(=O)N1CCCC1. The minimum absolute atomic E-state index is 0.167. The number of benzene rings is 1. The molecular formula is C16H20ClN3O. The molecule has 1 aliphatic rings. The van der Waals surface area contributed by atoms with Gasteiger partial charge >= 0.3 is 0 Å². The summed E-state index contributed by atoms with van der Waals surface area (Å²) in [4.78, 5) is 18.8. The summed E-state index contributed by atoms with van der Waals surface area (Å²) in [6.45, 7) is 4.37. The molecule has 1 unspecified atom stereocenters. The average molecular weight is 306 g/mol. The number of halogens is 1. The molecule has 1 fully saturated rings. The fourth-order valence-corrected chi connectivity index (χ4v) is 3.13. The van der Waals surface area contributed by atoms with Crippen LogP contribution in [0.15, 0.2) is 24.3 Å². The first-order chi connectivity index (χ1) is 10.2. The van der Waals surface area contributed by atoms with Gasteiger partial charge in [0.25, 0.3) is 0 Å². The first-order valence-electron chi connectivity index (χ1n) is 7.54. The van der Waals surface area contributed by atoms with E-state index in [-0.39, 0.29) is 11.3 Å². The number of likely N-dealkylation sites (tertiary alicyclic amines) is 1. The zero-order valence-electron chi connectivity index (χ0n) is 12.3. The summed E-state index contributed by atoms with van der Waals surface area (Å²) >= 11 is 6.24. The van der Waals surface area contributed by atoms with Gasteiger partial charge in [0.15, 0.2) is 0 Å². The number of carbonyl (C=O) groups excluding carboxylic acids is 1. The molecule has 1 amide bonds. The van der Waals surface area contributed by atoms with E-state index in [0.717, 1.165) is 42.8 Å². The van der Waals surface area contributed by atoms with Gasteiger partial charge in [0.2, 0.25) is 5.91 Å². The molecule has 21 heavy (non-hydrogen) atoms. The lowest BCUT2D eigenvalue weighted by Crippen LogP contribution is -2.28. The first kappa shape index (κ1) is 14.4. The molecule has 2 aromatic rings. The van der Waals surface area contributed by atoms with Crippen LogP contribution in [0.4, 0.5) is 0 Å². The second-order valence-electron chi connectivity index (χ2n) is 5.56. The van der Waals surface area contributed by atoms with E-state index in [4.69, 9.17) is 11.6 Å². The lowest BCUT2D eigenvalue weighted by molar-refractivity contribution is -0.130. The van der Waals surface area contributed by atoms with E-state index in [1.807, 2.05) is 36.1 Å². The topological polar surface area (TPSA) is 38.1 Å². The van der Waals surface area contributed by atoms with Crippen molar-refractivity contribution in [3.8, 4) is 0 Å². The van der Waals surface area contributed by atoms with E-state index < -0.39 is 0 Å². The Kier molecular flexibility index (Phi) is 4.15. The summed E-state index contributed by atoms with van der Waals surface area (Å²) in [6, 6.07) is 7.98. The van der Waals surface area contributed by atoms with E-state index in [9.17, 15) is 4.79 Å². The van der Waals surface area contributed by atoms with E-state index >= 15 is 0 Å². The third-order valence-corrected chi connectivity index (χ3v) is 4.24. The molecule has 5 heteroatoms. The van der Waals surface area contributed by atoms with Crippen molar-refractivity contribution in [3.63, 3.8) is 0 Å². The monoisotopic (exact) mass is 305 g/mol. The van der Waals surface area contributed by atoms with Crippen LogP contribution in [0.2, 0.25) is 0 Å². The number of hydrogen-bond donors (Lipinski definition) is 0. The molecule has 0 aliphatic carbocycles. The number of rotatable bonds is 4. The highest BCUT2D eigenvalue weighted by Gasteiger charge is 2.19. The van der Waals surface area contributed by atoms with E-state index in [1.165, 1.54) is 0 Å². The van der Waals surface area contributed by atoms with E-state index in [2.05, 4.69) is 9.55 Å². The Balaban J connectivity index is 1.81. The van der Waals surface area contributed by atoms with Crippen LogP contribution in [0.25, 0.3) is 11.0 Å². The van der Waals surface area contributed by atoms with E-state index in [0.29, 0.717) is 13.0 Å². The van der Waals surface area contributed by atoms with Gasteiger partial charge in [-0.25, -0.2) is 4.98 Å². The Morgan fingerprint density at radius 3 is 2.76 bits per heavy atom. The molecule has 2 heterocycles. The second kappa shape index (κ2) is 6.06. The maximum Gasteiger partial charge on any atom is 0.224 e. The standard InChI is InChI=1S/C16H20ClN3O/c1-12(17)16-18-13-6-2-3-7-14(13)20(16)11-8-15(21)19-9-4-5-10-19/h2-3,6-7,12H,4-5,8-11H2,1H3. The fourth-order valence-electron chi connectivity index (χ4n) is 2.96. The van der Waals surface area contributed by atoms with E-state index in [1.54, 1.807) is 0 Å². The minimum Gasteiger partial charge on any atom is -0.343 e. The van der Waals surface area contributed by atoms with Crippen molar-refractivity contribution in [2.45, 2.75) is 38.1 Å². The Bertz CT molecular complexity index is 644. The zero-order valence-corrected chi connectivity index (χ0v) is 13.0. The summed E-state index contributed by atoms with van der Waals surface area (Å²) < 4.78 is 2.08. The van der Waals surface area contributed by atoms with Gasteiger partial charge in [-0.05, 0) is 31.9 Å². The summed E-state index contributed by atoms with van der Waals surface area (Å²) in [5.74, 6) is 1.07. The molecule has 0 radical (unpaired) electrons. The Morgan fingerprint density at radius 1 is 1.33 bits per heavy atom. The van der Waals surface area contributed by atoms with Crippen molar-refractivity contribution < 1.29 is 4.79 Å². The summed E-state index contributed by atoms with van der Waals surface area (Å²) in [6.07, 6.45) is 2.77. The lowest BCUT2D eigenvalue weighted by Gasteiger charge is -2.16. The van der Waals surface area contributed by atoms with Gasteiger partial charge in [0.1, 0.15) is 5.82 Å². The Labute approximate surface area is 129 Å². The van der Waals surface area contributed by atoms with Gasteiger partial charge in [-0.3, -0.25) is 4.79 Å². The average Bonchev–Trinajstić information content (AvgIpc) is 3.12. The number of hydrogen-bond acceptors (Lipinski definition) is 2. The zero-order chi connectivity index (χ0) is 14.8. The molecular weight excluding hydrogens is 286 g/mol. The van der Waals surface area contributed by atoms with Gasteiger partial charge < -0.3 is 9.47 Å². The maximum atomic E-state index is 12.2. The van der Waals surface area contributed by atoms with Crippen molar-refractivity contribution in [1.29, 1.82) is 0 Å². The van der Waals surface area contributed by atoms with Crippen molar-refractivity contribution in [1.82, 2.24) is 14.5 Å². The first-order valence-corrected chi connectivity index (χ1v) is 7.97. The number of alkyl halides is 1. The Hall–Kier alpha value is -1.55. The molecule has 1 aromatic heterocycles. The van der Waals surface area contributed by atoms with Crippen molar-refractivity contribution in [2.75, 3.05) is 13.1 Å². The molecule has 112 valence electrons. The molecule has 0 N–H and O–H groups in total. The molecule has 0 spiro atoms. The molecule has 0 saturated carbocycles. The van der Waals surface area contributed by atoms with Crippen LogP contribution < -0.4 is 0 Å². The normalized spacial score (nSPS) is 16.6. The quantitative estimate of drug-likeness (QED) is 0.813. The van der Waals surface area contributed by atoms with Crippen molar-refractivity contribution in [3.05, 3.63) is 30.1 Å². The fraction of sp³-hybridized carbons (Fsp3) is 0.500. The molecule has 0 bridgehead atoms. The number of amides is 1. The predicted octanol–water partition coefficient (Wildman–Crippen LogP) is 3.35. The largest absolute Gasteiger partial charge is 0.343 e. The van der Waals surface area contributed by atoms with Crippen LogP contribution in [0.5, 0.6) is 0 Å². The second-order valence-corrected chi connectivity index (χ2v) is 6.22. The van der Waals surface area contributed by atoms with Gasteiger partial charge in [0, 0.05) is 26.1 Å². The maximum absolute atomic E-state index is 12.2. The van der Waals surface area contributed by atoms with Crippen molar-refractivity contribution >= 4 is 28.5 Å². The number of aryl methyl sites for hydroxylation is 1. The number of aromatic nitrogens is 2. The van der Waals surface area contributed by atoms with Crippen LogP contribution >= 0.6 is 11.6 Å². The summed E-state index contributed by atoms with van der Waals surface area (Å²) in [5, 5.41) is -0.167. The Morgan fingerprint density at radius 2 is 2.05 bits per heavy atom. The number of fused-ring (bicyclic) bond motifs is 1. The van der Waals surface area contributed by atoms with Crippen LogP contribution in [-0.2, 0) is 11.3 Å². The highest BCUT2D eigenvalue weighted by molar-refractivity contribution is 6.20. The smallest absolute Gasteiger partial charge is 0.224 e. The van der Waals surface area contributed by atoms with Crippen molar-refractivity contribution in [2.24, 2.45) is 0 Å².